The molecule has 14 nitrogen and oxygen atoms in total. The summed E-state index contributed by atoms with van der Waals surface area (Å²) in [7, 11) is -3.63. The van der Waals surface area contributed by atoms with Crippen LogP contribution in [0.4, 0.5) is 16.3 Å². The molecule has 0 unspecified atom stereocenters. The predicted octanol–water partition coefficient (Wildman–Crippen LogP) is 1.30. The van der Waals surface area contributed by atoms with Gasteiger partial charge in [0.15, 0.2) is 17.0 Å². The number of benzene rings is 1. The molecule has 0 spiro atoms. The number of aromatic nitrogens is 4. The quantitative estimate of drug-likeness (QED) is 0.397. The van der Waals surface area contributed by atoms with Crippen molar-refractivity contribution < 1.29 is 27.5 Å². The van der Waals surface area contributed by atoms with E-state index in [1.807, 2.05) is 6.92 Å². The molecule has 2 aliphatic heterocycles. The third-order valence-corrected chi connectivity index (χ3v) is 8.17. The van der Waals surface area contributed by atoms with Crippen molar-refractivity contribution in [1.82, 2.24) is 29.1 Å². The number of anilines is 2. The lowest BCUT2D eigenvalue weighted by Gasteiger charge is -2.26. The number of fused-ring (bicyclic) bond motifs is 1. The first kappa shape index (κ1) is 26.0. The van der Waals surface area contributed by atoms with E-state index in [0.717, 1.165) is 0 Å². The van der Waals surface area contributed by atoms with Crippen LogP contribution in [-0.2, 0) is 24.3 Å². The van der Waals surface area contributed by atoms with E-state index in [1.165, 1.54) is 34.9 Å². The normalized spacial score (nSPS) is 20.3. The third kappa shape index (κ3) is 5.31. The summed E-state index contributed by atoms with van der Waals surface area (Å²) in [5.41, 5.74) is 1.21. The van der Waals surface area contributed by atoms with Crippen molar-refractivity contribution in [2.24, 2.45) is 0 Å². The molecule has 38 heavy (non-hydrogen) atoms. The average molecular weight is 545 g/mol. The Kier molecular flexibility index (Phi) is 7.51. The van der Waals surface area contributed by atoms with Crippen molar-refractivity contribution in [2.45, 2.75) is 37.0 Å². The molecule has 3 N–H and O–H groups in total. The maximum atomic E-state index is 12.8. The van der Waals surface area contributed by atoms with Gasteiger partial charge in [-0.3, -0.25) is 14.7 Å². The van der Waals surface area contributed by atoms with Crippen LogP contribution in [0.15, 0.2) is 41.8 Å². The van der Waals surface area contributed by atoms with Crippen molar-refractivity contribution in [3.63, 3.8) is 0 Å². The summed E-state index contributed by atoms with van der Waals surface area (Å²) in [6.45, 7) is 3.70. The first-order valence-corrected chi connectivity index (χ1v) is 13.7. The Labute approximate surface area is 218 Å². The van der Waals surface area contributed by atoms with Gasteiger partial charge in [0.2, 0.25) is 15.9 Å². The Morgan fingerprint density at radius 3 is 2.55 bits per heavy atom. The molecule has 0 saturated carbocycles. The molecule has 0 radical (unpaired) electrons. The van der Waals surface area contributed by atoms with Gasteiger partial charge < -0.3 is 20.1 Å². The minimum absolute atomic E-state index is 0.136. The monoisotopic (exact) mass is 544 g/mol. The smallest absolute Gasteiger partial charge is 0.324 e. The van der Waals surface area contributed by atoms with Gasteiger partial charge in [-0.15, -0.1) is 0 Å². The number of amides is 3. The predicted molar refractivity (Wildman–Crippen MR) is 136 cm³/mol. The van der Waals surface area contributed by atoms with Crippen molar-refractivity contribution >= 4 is 44.6 Å². The highest BCUT2D eigenvalue weighted by molar-refractivity contribution is 7.89. The minimum Gasteiger partial charge on any atom is -0.379 e. The number of ether oxygens (including phenoxy) is 2. The van der Waals surface area contributed by atoms with Crippen LogP contribution in [0.2, 0.25) is 0 Å². The van der Waals surface area contributed by atoms with Gasteiger partial charge in [-0.1, -0.05) is 0 Å². The summed E-state index contributed by atoms with van der Waals surface area (Å²) < 4.78 is 39.8. The topological polar surface area (TPSA) is 170 Å². The average Bonchev–Trinajstić information content (AvgIpc) is 3.58. The molecule has 2 fully saturated rings. The molecular weight excluding hydrogens is 516 g/mol. The molecule has 2 aromatic heterocycles. The Bertz CT molecular complexity index is 1420. The Hall–Kier alpha value is -3.66. The van der Waals surface area contributed by atoms with Gasteiger partial charge in [0.25, 0.3) is 0 Å². The lowest BCUT2D eigenvalue weighted by atomic mass is 10.2. The molecule has 2 aliphatic rings. The second-order valence-corrected chi connectivity index (χ2v) is 10.7. The number of likely N-dealkylation sites (N-methyl/N-ethyl adjacent to an activating group) is 1. The molecule has 5 rings (SSSR count). The first-order valence-electron chi connectivity index (χ1n) is 12.2. The second-order valence-electron chi connectivity index (χ2n) is 8.72. The summed E-state index contributed by atoms with van der Waals surface area (Å²) >= 11 is 0. The number of carbonyl (C=O) groups is 2. The zero-order chi connectivity index (χ0) is 26.7. The first-order chi connectivity index (χ1) is 18.4. The molecule has 15 heteroatoms. The molecule has 0 aliphatic carbocycles. The van der Waals surface area contributed by atoms with Crippen LogP contribution in [0.25, 0.3) is 11.2 Å². The molecule has 202 valence electrons. The van der Waals surface area contributed by atoms with Crippen LogP contribution in [0, 0.1) is 0 Å². The number of morpholine rings is 1. The van der Waals surface area contributed by atoms with Gasteiger partial charge in [0.05, 0.1) is 24.4 Å². The fraction of sp³-hybridized carbons (Fsp3) is 0.435. The van der Waals surface area contributed by atoms with Gasteiger partial charge in [0.1, 0.15) is 18.7 Å². The van der Waals surface area contributed by atoms with Crippen molar-refractivity contribution in [3.05, 3.63) is 36.9 Å². The summed E-state index contributed by atoms with van der Waals surface area (Å²) in [5.74, 6) is 0.0378. The number of nitrogens with zero attached hydrogens (tertiary/aromatic N) is 5. The van der Waals surface area contributed by atoms with E-state index in [4.69, 9.17) is 9.47 Å². The molecule has 4 heterocycles. The second kappa shape index (κ2) is 11.0. The van der Waals surface area contributed by atoms with Gasteiger partial charge in [-0.2, -0.15) is 4.31 Å². The zero-order valence-electron chi connectivity index (χ0n) is 20.7. The van der Waals surface area contributed by atoms with Gasteiger partial charge in [0, 0.05) is 25.3 Å². The Morgan fingerprint density at radius 2 is 1.82 bits per heavy atom. The summed E-state index contributed by atoms with van der Waals surface area (Å²) in [4.78, 5) is 37.7. The number of imidazole rings is 1. The highest BCUT2D eigenvalue weighted by Gasteiger charge is 2.32. The summed E-state index contributed by atoms with van der Waals surface area (Å²) in [6, 6.07) is 5.33. The van der Waals surface area contributed by atoms with E-state index in [0.29, 0.717) is 62.5 Å². The Balaban J connectivity index is 1.24. The van der Waals surface area contributed by atoms with Crippen LogP contribution in [0.3, 0.4) is 0 Å². The highest BCUT2D eigenvalue weighted by atomic mass is 32.2. The number of urea groups is 1. The number of nitrogens with one attached hydrogen (secondary N) is 3. The molecule has 3 aromatic rings. The standard InChI is InChI=1S/C23H28N8O6S/c1-2-24-22(32)17-7-8-18(37-17)31-14-27-19-20(25-13-26-21(19)31)29-23(33)28-15-3-5-16(6-4-15)38(34,35)30-9-11-36-12-10-30/h3-6,13-14,17-18H,2,7-12H2,1H3,(H,24,32)(H2,25,26,28,29,33)/t17-,18+/m0/s1. The van der Waals surface area contributed by atoms with Crippen molar-refractivity contribution in [3.8, 4) is 0 Å². The van der Waals surface area contributed by atoms with E-state index >= 15 is 0 Å². The van der Waals surface area contributed by atoms with Crippen LogP contribution < -0.4 is 16.0 Å². The van der Waals surface area contributed by atoms with Gasteiger partial charge >= 0.3 is 6.03 Å². The minimum atomic E-state index is -3.63. The fourth-order valence-electron chi connectivity index (χ4n) is 4.38. The number of carbonyl (C=O) groups excluding carboxylic acids is 2. The summed E-state index contributed by atoms with van der Waals surface area (Å²) in [5, 5.41) is 8.08. The van der Waals surface area contributed by atoms with Crippen LogP contribution in [0.1, 0.15) is 26.0 Å². The number of hydrogen-bond donors (Lipinski definition) is 3. The van der Waals surface area contributed by atoms with Crippen LogP contribution >= 0.6 is 0 Å². The zero-order valence-corrected chi connectivity index (χ0v) is 21.5. The van der Waals surface area contributed by atoms with Crippen molar-refractivity contribution in [1.29, 1.82) is 0 Å². The van der Waals surface area contributed by atoms with Crippen LogP contribution in [-0.4, -0.2) is 83.1 Å². The van der Waals surface area contributed by atoms with E-state index in [2.05, 4.69) is 30.9 Å². The van der Waals surface area contributed by atoms with Crippen LogP contribution in [0.5, 0.6) is 0 Å². The molecule has 0 bridgehead atoms. The highest BCUT2D eigenvalue weighted by Crippen LogP contribution is 2.31. The molecule has 1 aromatic carbocycles. The molecular formula is C23H28N8O6S. The lowest BCUT2D eigenvalue weighted by molar-refractivity contribution is -0.133. The molecule has 3 amide bonds. The number of hydrogen-bond acceptors (Lipinski definition) is 9. The van der Waals surface area contributed by atoms with Gasteiger partial charge in [-0.25, -0.2) is 28.2 Å². The maximum absolute atomic E-state index is 12.8. The van der Waals surface area contributed by atoms with E-state index in [-0.39, 0.29) is 16.6 Å². The maximum Gasteiger partial charge on any atom is 0.324 e. The SMILES string of the molecule is CCNC(=O)[C@@H]1CC[C@H](n2cnc3c(NC(=O)Nc4ccc(S(=O)(=O)N5CCOCC5)cc4)ncnc32)O1. The van der Waals surface area contributed by atoms with Gasteiger partial charge in [-0.05, 0) is 44.0 Å². The van der Waals surface area contributed by atoms with E-state index in [1.54, 1.807) is 10.9 Å². The summed E-state index contributed by atoms with van der Waals surface area (Å²) in [6.07, 6.45) is 3.06. The third-order valence-electron chi connectivity index (χ3n) is 6.26. The van der Waals surface area contributed by atoms with E-state index in [9.17, 15) is 18.0 Å². The number of sulfonamides is 1. The molecule has 2 atom stereocenters. The fourth-order valence-corrected chi connectivity index (χ4v) is 5.78. The van der Waals surface area contributed by atoms with E-state index < -0.39 is 28.4 Å². The lowest BCUT2D eigenvalue weighted by Crippen LogP contribution is -2.40. The molecule has 2 saturated heterocycles. The largest absolute Gasteiger partial charge is 0.379 e. The number of rotatable bonds is 7. The van der Waals surface area contributed by atoms with Crippen molar-refractivity contribution in [2.75, 3.05) is 43.5 Å². The Morgan fingerprint density at radius 1 is 1.05 bits per heavy atom.